The smallest absolute Gasteiger partial charge is 0.355 e. The van der Waals surface area contributed by atoms with Crippen molar-refractivity contribution in [2.75, 3.05) is 17.4 Å². The summed E-state index contributed by atoms with van der Waals surface area (Å²) in [6.07, 6.45) is 2.77. The van der Waals surface area contributed by atoms with Crippen LogP contribution in [0.2, 0.25) is 0 Å². The number of nitro groups is 1. The van der Waals surface area contributed by atoms with Gasteiger partial charge < -0.3 is 9.64 Å². The number of amides is 1. The summed E-state index contributed by atoms with van der Waals surface area (Å²) in [5, 5.41) is 12.2. The zero-order valence-corrected chi connectivity index (χ0v) is 18.7. The lowest BCUT2D eigenvalue weighted by molar-refractivity contribution is -0.383. The largest absolute Gasteiger partial charge is 0.496 e. The van der Waals surface area contributed by atoms with Gasteiger partial charge in [-0.25, -0.2) is 15.0 Å². The minimum absolute atomic E-state index is 0.0154. The summed E-state index contributed by atoms with van der Waals surface area (Å²) < 4.78 is 5.20. The molecule has 0 spiro atoms. The van der Waals surface area contributed by atoms with Crippen molar-refractivity contribution in [1.82, 2.24) is 20.4 Å². The molecule has 0 aliphatic carbocycles. The summed E-state index contributed by atoms with van der Waals surface area (Å²) in [6.45, 7) is 0.267. The molecule has 1 amide bonds. The van der Waals surface area contributed by atoms with Crippen molar-refractivity contribution in [2.24, 2.45) is 0 Å². The average Bonchev–Trinajstić information content (AvgIpc) is 2.91. The van der Waals surface area contributed by atoms with E-state index < -0.39 is 16.5 Å². The van der Waals surface area contributed by atoms with Gasteiger partial charge in [-0.2, -0.15) is 0 Å². The van der Waals surface area contributed by atoms with Gasteiger partial charge >= 0.3 is 5.69 Å². The van der Waals surface area contributed by atoms with Gasteiger partial charge in [-0.3, -0.25) is 25.8 Å². The lowest BCUT2D eigenvalue weighted by Gasteiger charge is -2.23. The van der Waals surface area contributed by atoms with Gasteiger partial charge in [0.2, 0.25) is 11.6 Å². The van der Waals surface area contributed by atoms with Crippen molar-refractivity contribution in [3.8, 4) is 5.75 Å². The van der Waals surface area contributed by atoms with E-state index in [-0.39, 0.29) is 23.7 Å². The van der Waals surface area contributed by atoms with E-state index in [1.54, 1.807) is 53.6 Å². The second-order valence-electron chi connectivity index (χ2n) is 7.19. The van der Waals surface area contributed by atoms with Crippen molar-refractivity contribution in [2.45, 2.75) is 6.54 Å². The van der Waals surface area contributed by atoms with Crippen LogP contribution in [0.1, 0.15) is 15.9 Å². The van der Waals surface area contributed by atoms with E-state index in [4.69, 9.17) is 4.74 Å². The third kappa shape index (κ3) is 5.30. The van der Waals surface area contributed by atoms with Crippen LogP contribution in [-0.2, 0) is 6.54 Å². The third-order valence-electron chi connectivity index (χ3n) is 5.00. The Labute approximate surface area is 200 Å². The van der Waals surface area contributed by atoms with Gasteiger partial charge in [0.1, 0.15) is 17.9 Å². The number of para-hydroxylation sites is 1. The summed E-state index contributed by atoms with van der Waals surface area (Å²) in [6, 6.07) is 21.3. The molecule has 0 radical (unpaired) electrons. The third-order valence-corrected chi connectivity index (χ3v) is 5.00. The molecule has 0 aliphatic heterocycles. The molecule has 0 saturated heterocycles. The number of hydrogen-bond acceptors (Lipinski definition) is 9. The molecular weight excluding hydrogens is 450 g/mol. The Morgan fingerprint density at radius 2 is 1.74 bits per heavy atom. The highest BCUT2D eigenvalue weighted by Gasteiger charge is 2.29. The fraction of sp³-hybridized carbons (Fsp3) is 0.0833. The molecule has 0 fully saturated rings. The first-order valence-corrected chi connectivity index (χ1v) is 10.5. The maximum atomic E-state index is 12.7. The normalized spacial score (nSPS) is 10.3. The first-order chi connectivity index (χ1) is 17.1. The number of nitrogens with one attached hydrogen (secondary N) is 2. The van der Waals surface area contributed by atoms with Crippen molar-refractivity contribution in [3.05, 3.63) is 107 Å². The molecule has 176 valence electrons. The zero-order chi connectivity index (χ0) is 24.6. The van der Waals surface area contributed by atoms with E-state index in [0.29, 0.717) is 11.6 Å². The molecule has 4 rings (SSSR count). The Bertz CT molecular complexity index is 1320. The number of carbonyl (C=O) groups excluding carboxylic acids is 1. The SMILES string of the molecule is COc1ccccc1C(=O)NNc1ncnc(N(Cc2ccccc2)c2ccccn2)c1[N+](=O)[O-]. The van der Waals surface area contributed by atoms with Crippen molar-refractivity contribution < 1.29 is 14.5 Å². The molecule has 2 aromatic carbocycles. The summed E-state index contributed by atoms with van der Waals surface area (Å²) in [5.74, 6) is 0.0950. The summed E-state index contributed by atoms with van der Waals surface area (Å²) in [4.78, 5) is 38.4. The van der Waals surface area contributed by atoms with Gasteiger partial charge in [-0.1, -0.05) is 48.5 Å². The Kier molecular flexibility index (Phi) is 7.07. The predicted octanol–water partition coefficient (Wildman–Crippen LogP) is 3.88. The fourth-order valence-corrected chi connectivity index (χ4v) is 3.39. The quantitative estimate of drug-likeness (QED) is 0.275. The lowest BCUT2D eigenvalue weighted by Crippen LogP contribution is -2.31. The van der Waals surface area contributed by atoms with Crippen LogP contribution in [-0.4, -0.2) is 32.9 Å². The predicted molar refractivity (Wildman–Crippen MR) is 129 cm³/mol. The Morgan fingerprint density at radius 1 is 1.00 bits per heavy atom. The summed E-state index contributed by atoms with van der Waals surface area (Å²) in [7, 11) is 1.44. The molecule has 0 saturated carbocycles. The van der Waals surface area contributed by atoms with Crippen LogP contribution in [0, 0.1) is 10.1 Å². The van der Waals surface area contributed by atoms with Crippen molar-refractivity contribution >= 4 is 29.0 Å². The number of rotatable bonds is 9. The van der Waals surface area contributed by atoms with E-state index in [2.05, 4.69) is 25.8 Å². The fourth-order valence-electron chi connectivity index (χ4n) is 3.39. The number of hydrazine groups is 1. The van der Waals surface area contributed by atoms with Gasteiger partial charge in [0, 0.05) is 6.20 Å². The number of nitrogens with zero attached hydrogens (tertiary/aromatic N) is 5. The first-order valence-electron chi connectivity index (χ1n) is 10.5. The average molecular weight is 471 g/mol. The van der Waals surface area contributed by atoms with E-state index in [9.17, 15) is 14.9 Å². The van der Waals surface area contributed by atoms with Gasteiger partial charge in [0.15, 0.2) is 0 Å². The second-order valence-corrected chi connectivity index (χ2v) is 7.19. The van der Waals surface area contributed by atoms with E-state index in [0.717, 1.165) is 5.56 Å². The van der Waals surface area contributed by atoms with Crippen molar-refractivity contribution in [3.63, 3.8) is 0 Å². The molecule has 0 atom stereocenters. The summed E-state index contributed by atoms with van der Waals surface area (Å²) >= 11 is 0. The maximum Gasteiger partial charge on any atom is 0.355 e. The summed E-state index contributed by atoms with van der Waals surface area (Å²) in [5.41, 5.74) is 5.72. The van der Waals surface area contributed by atoms with Gasteiger partial charge in [0.05, 0.1) is 24.1 Å². The van der Waals surface area contributed by atoms with Crippen LogP contribution < -0.4 is 20.5 Å². The van der Waals surface area contributed by atoms with Crippen LogP contribution in [0.5, 0.6) is 5.75 Å². The topological polar surface area (TPSA) is 135 Å². The molecule has 4 aromatic rings. The van der Waals surface area contributed by atoms with Crippen LogP contribution in [0.4, 0.5) is 23.1 Å². The minimum Gasteiger partial charge on any atom is -0.496 e. The lowest BCUT2D eigenvalue weighted by atomic mass is 10.2. The Morgan fingerprint density at radius 3 is 2.46 bits per heavy atom. The Balaban J connectivity index is 1.69. The molecule has 35 heavy (non-hydrogen) atoms. The number of anilines is 3. The van der Waals surface area contributed by atoms with E-state index in [1.165, 1.54) is 13.4 Å². The number of ether oxygens (including phenoxy) is 1. The van der Waals surface area contributed by atoms with E-state index >= 15 is 0 Å². The standard InChI is InChI=1S/C24H21N7O4/c1-35-19-12-6-5-11-18(19)24(32)29-28-22-21(31(33)34)23(27-16-26-22)30(20-13-7-8-14-25-20)15-17-9-3-2-4-10-17/h2-14,16H,15H2,1H3,(H,29,32)(H,26,27,28). The number of pyridine rings is 1. The second kappa shape index (κ2) is 10.7. The number of carbonyl (C=O) groups is 1. The van der Waals surface area contributed by atoms with Crippen LogP contribution >= 0.6 is 0 Å². The molecule has 11 heteroatoms. The number of benzene rings is 2. The minimum atomic E-state index is -0.603. The molecule has 0 bridgehead atoms. The molecule has 11 nitrogen and oxygen atoms in total. The van der Waals surface area contributed by atoms with Gasteiger partial charge in [0.25, 0.3) is 5.91 Å². The number of hydrogen-bond donors (Lipinski definition) is 2. The molecule has 2 heterocycles. The Hall–Kier alpha value is -5.06. The highest BCUT2D eigenvalue weighted by atomic mass is 16.6. The van der Waals surface area contributed by atoms with Crippen molar-refractivity contribution in [1.29, 1.82) is 0 Å². The van der Waals surface area contributed by atoms with E-state index in [1.807, 2.05) is 30.3 Å². The zero-order valence-electron chi connectivity index (χ0n) is 18.7. The first kappa shape index (κ1) is 23.1. The number of aromatic nitrogens is 3. The highest BCUT2D eigenvalue weighted by molar-refractivity contribution is 5.97. The maximum absolute atomic E-state index is 12.7. The highest BCUT2D eigenvalue weighted by Crippen LogP contribution is 2.36. The molecule has 2 aromatic heterocycles. The van der Waals surface area contributed by atoms with Crippen LogP contribution in [0.15, 0.2) is 85.3 Å². The molecule has 0 unspecified atom stereocenters. The molecule has 2 N–H and O–H groups in total. The van der Waals surface area contributed by atoms with Crippen LogP contribution in [0.25, 0.3) is 0 Å². The number of methoxy groups -OCH3 is 1. The molecule has 0 aliphatic rings. The molecular formula is C24H21N7O4. The van der Waals surface area contributed by atoms with Gasteiger partial charge in [-0.05, 0) is 29.8 Å². The monoisotopic (exact) mass is 471 g/mol. The van der Waals surface area contributed by atoms with Crippen LogP contribution in [0.3, 0.4) is 0 Å². The van der Waals surface area contributed by atoms with Gasteiger partial charge in [-0.15, -0.1) is 0 Å².